The van der Waals surface area contributed by atoms with Crippen molar-refractivity contribution in [3.8, 4) is 11.3 Å². The summed E-state index contributed by atoms with van der Waals surface area (Å²) in [5.74, 6) is -0.412. The number of amides is 1. The molecule has 0 radical (unpaired) electrons. The number of benzene rings is 2. The number of aromatic amines is 1. The van der Waals surface area contributed by atoms with Crippen molar-refractivity contribution in [3.05, 3.63) is 77.6 Å². The van der Waals surface area contributed by atoms with Crippen LogP contribution in [0.2, 0.25) is 0 Å². The zero-order valence-electron chi connectivity index (χ0n) is 13.5. The standard InChI is InChI=1S/C20H12N4O2/c25-19-13-4-2-1-3-12(13)18-16-15(23-24-18)6-5-14(17(16)19)22-20(26)11-7-9-21-10-8-11/h1-10H,(H,22,26)(H,23,24). The number of ketones is 1. The molecule has 2 aromatic heterocycles. The third-order valence-electron chi connectivity index (χ3n) is 4.57. The number of anilines is 1. The molecule has 0 bridgehead atoms. The molecule has 1 aliphatic rings. The lowest BCUT2D eigenvalue weighted by molar-refractivity contribution is 0.102. The van der Waals surface area contributed by atoms with Crippen LogP contribution < -0.4 is 5.32 Å². The molecule has 0 spiro atoms. The van der Waals surface area contributed by atoms with Gasteiger partial charge in [-0.25, -0.2) is 0 Å². The number of nitrogens with zero attached hydrogens (tertiary/aromatic N) is 2. The van der Waals surface area contributed by atoms with Crippen molar-refractivity contribution in [2.75, 3.05) is 5.32 Å². The summed E-state index contributed by atoms with van der Waals surface area (Å²) in [6.45, 7) is 0. The Morgan fingerprint density at radius 1 is 0.962 bits per heavy atom. The molecule has 0 aliphatic heterocycles. The highest BCUT2D eigenvalue weighted by Crippen LogP contribution is 2.40. The summed E-state index contributed by atoms with van der Waals surface area (Å²) in [4.78, 5) is 29.6. The van der Waals surface area contributed by atoms with Gasteiger partial charge in [0.05, 0.1) is 16.8 Å². The topological polar surface area (TPSA) is 87.7 Å². The van der Waals surface area contributed by atoms with Crippen molar-refractivity contribution in [1.82, 2.24) is 15.2 Å². The lowest BCUT2D eigenvalue weighted by atomic mass is 9.86. The fourth-order valence-corrected chi connectivity index (χ4v) is 3.37. The van der Waals surface area contributed by atoms with E-state index >= 15 is 0 Å². The van der Waals surface area contributed by atoms with Crippen molar-refractivity contribution in [3.63, 3.8) is 0 Å². The average molecular weight is 340 g/mol. The molecule has 26 heavy (non-hydrogen) atoms. The monoisotopic (exact) mass is 340 g/mol. The molecule has 4 aromatic rings. The van der Waals surface area contributed by atoms with Gasteiger partial charge in [0.2, 0.25) is 0 Å². The molecule has 2 N–H and O–H groups in total. The van der Waals surface area contributed by atoms with Gasteiger partial charge in [-0.15, -0.1) is 0 Å². The lowest BCUT2D eigenvalue weighted by Crippen LogP contribution is -2.17. The van der Waals surface area contributed by atoms with Crippen LogP contribution in [0.1, 0.15) is 26.3 Å². The Morgan fingerprint density at radius 3 is 2.54 bits per heavy atom. The first-order valence-corrected chi connectivity index (χ1v) is 8.10. The predicted molar refractivity (Wildman–Crippen MR) is 97.2 cm³/mol. The van der Waals surface area contributed by atoms with E-state index in [0.717, 1.165) is 22.2 Å². The van der Waals surface area contributed by atoms with Crippen LogP contribution in [0.5, 0.6) is 0 Å². The van der Waals surface area contributed by atoms with E-state index in [-0.39, 0.29) is 11.7 Å². The van der Waals surface area contributed by atoms with Crippen molar-refractivity contribution in [2.45, 2.75) is 0 Å². The van der Waals surface area contributed by atoms with Gasteiger partial charge in [0.25, 0.3) is 5.91 Å². The minimum Gasteiger partial charge on any atom is -0.321 e. The third-order valence-corrected chi connectivity index (χ3v) is 4.57. The van der Waals surface area contributed by atoms with Crippen LogP contribution in [0, 0.1) is 0 Å². The van der Waals surface area contributed by atoms with Gasteiger partial charge < -0.3 is 5.32 Å². The smallest absolute Gasteiger partial charge is 0.255 e. The molecule has 0 saturated heterocycles. The van der Waals surface area contributed by atoms with Gasteiger partial charge in [0.15, 0.2) is 5.78 Å². The Kier molecular flexibility index (Phi) is 2.99. The van der Waals surface area contributed by atoms with Gasteiger partial charge in [0, 0.05) is 34.5 Å². The highest BCUT2D eigenvalue weighted by Gasteiger charge is 2.30. The number of hydrogen-bond donors (Lipinski definition) is 2. The van der Waals surface area contributed by atoms with E-state index in [4.69, 9.17) is 0 Å². The Balaban J connectivity index is 1.69. The molecule has 1 amide bonds. The number of carbonyl (C=O) groups is 2. The van der Waals surface area contributed by atoms with E-state index in [1.54, 1.807) is 36.7 Å². The van der Waals surface area contributed by atoms with Crippen LogP contribution >= 0.6 is 0 Å². The number of carbonyl (C=O) groups excluding carboxylic acids is 2. The Labute approximate surface area is 147 Å². The second-order valence-electron chi connectivity index (χ2n) is 6.05. The summed E-state index contributed by atoms with van der Waals surface area (Å²) >= 11 is 0. The number of H-pyrrole nitrogens is 1. The SMILES string of the molecule is O=C(Nc1ccc2[nH]nc3c2c1C(=O)c1ccccc1-3)c1ccncc1. The van der Waals surface area contributed by atoms with E-state index in [2.05, 4.69) is 20.5 Å². The van der Waals surface area contributed by atoms with Gasteiger partial charge in [0.1, 0.15) is 5.69 Å². The lowest BCUT2D eigenvalue weighted by Gasteiger charge is -2.18. The molecule has 0 fully saturated rings. The summed E-state index contributed by atoms with van der Waals surface area (Å²) in [5.41, 5.74) is 4.29. The molecule has 124 valence electrons. The van der Waals surface area contributed by atoms with Crippen LogP contribution in [-0.4, -0.2) is 26.9 Å². The average Bonchev–Trinajstić information content (AvgIpc) is 3.12. The van der Waals surface area contributed by atoms with Crippen LogP contribution in [0.25, 0.3) is 22.2 Å². The number of rotatable bonds is 2. The molecule has 0 atom stereocenters. The minimum atomic E-state index is -0.292. The zero-order chi connectivity index (χ0) is 17.7. The molecule has 2 heterocycles. The number of fused-ring (bicyclic) bond motifs is 2. The van der Waals surface area contributed by atoms with Gasteiger partial charge in [-0.1, -0.05) is 24.3 Å². The maximum Gasteiger partial charge on any atom is 0.255 e. The predicted octanol–water partition coefficient (Wildman–Crippen LogP) is 3.42. The maximum absolute atomic E-state index is 13.1. The minimum absolute atomic E-state index is 0.120. The molecule has 6 heteroatoms. The first-order valence-electron chi connectivity index (χ1n) is 8.10. The van der Waals surface area contributed by atoms with E-state index < -0.39 is 0 Å². The third kappa shape index (κ3) is 1.99. The van der Waals surface area contributed by atoms with Crippen molar-refractivity contribution >= 4 is 28.3 Å². The molecular weight excluding hydrogens is 328 g/mol. The van der Waals surface area contributed by atoms with E-state index in [9.17, 15) is 9.59 Å². The largest absolute Gasteiger partial charge is 0.321 e. The van der Waals surface area contributed by atoms with Crippen molar-refractivity contribution < 1.29 is 9.59 Å². The second-order valence-corrected chi connectivity index (χ2v) is 6.05. The number of pyridine rings is 1. The summed E-state index contributed by atoms with van der Waals surface area (Å²) in [7, 11) is 0. The van der Waals surface area contributed by atoms with Crippen LogP contribution in [-0.2, 0) is 0 Å². The Morgan fingerprint density at radius 2 is 1.73 bits per heavy atom. The van der Waals surface area contributed by atoms with E-state index in [1.165, 1.54) is 0 Å². The summed E-state index contributed by atoms with van der Waals surface area (Å²) in [6.07, 6.45) is 3.11. The summed E-state index contributed by atoms with van der Waals surface area (Å²) in [5, 5.41) is 10.9. The molecule has 0 saturated carbocycles. The zero-order valence-corrected chi connectivity index (χ0v) is 13.5. The molecular formula is C20H12N4O2. The maximum atomic E-state index is 13.1. The fraction of sp³-hybridized carbons (Fsp3) is 0. The van der Waals surface area contributed by atoms with Gasteiger partial charge in [-0.2, -0.15) is 5.10 Å². The summed E-state index contributed by atoms with van der Waals surface area (Å²) < 4.78 is 0. The Hall–Kier alpha value is -3.80. The van der Waals surface area contributed by atoms with Crippen molar-refractivity contribution in [2.24, 2.45) is 0 Å². The molecule has 1 aliphatic carbocycles. The summed E-state index contributed by atoms with van der Waals surface area (Å²) in [6, 6.07) is 14.2. The number of hydrogen-bond acceptors (Lipinski definition) is 4. The quantitative estimate of drug-likeness (QED) is 0.515. The second kappa shape index (κ2) is 5.35. The molecule has 0 unspecified atom stereocenters. The first-order chi connectivity index (χ1) is 12.7. The van der Waals surface area contributed by atoms with Gasteiger partial charge in [-0.05, 0) is 24.3 Å². The highest BCUT2D eigenvalue weighted by atomic mass is 16.1. The van der Waals surface area contributed by atoms with Gasteiger partial charge in [-0.3, -0.25) is 19.7 Å². The van der Waals surface area contributed by atoms with E-state index in [0.29, 0.717) is 22.4 Å². The highest BCUT2D eigenvalue weighted by molar-refractivity contribution is 6.28. The van der Waals surface area contributed by atoms with E-state index in [1.807, 2.05) is 24.3 Å². The normalized spacial score (nSPS) is 12.1. The van der Waals surface area contributed by atoms with Crippen LogP contribution in [0.15, 0.2) is 60.9 Å². The Bertz CT molecular complexity index is 1200. The van der Waals surface area contributed by atoms with Crippen molar-refractivity contribution in [1.29, 1.82) is 0 Å². The fourth-order valence-electron chi connectivity index (χ4n) is 3.37. The van der Waals surface area contributed by atoms with Crippen LogP contribution in [0.4, 0.5) is 5.69 Å². The number of aromatic nitrogens is 3. The van der Waals surface area contributed by atoms with Gasteiger partial charge >= 0.3 is 0 Å². The molecule has 6 nitrogen and oxygen atoms in total. The molecule has 5 rings (SSSR count). The molecule has 2 aromatic carbocycles. The number of nitrogens with one attached hydrogen (secondary N) is 2. The van der Waals surface area contributed by atoms with Crippen LogP contribution in [0.3, 0.4) is 0 Å². The first kappa shape index (κ1) is 14.5.